The van der Waals surface area contributed by atoms with Crippen LogP contribution in [0.3, 0.4) is 0 Å². The number of carbonyl (C=O) groups excluding carboxylic acids is 2. The fraction of sp³-hybridized carbons (Fsp3) is 0.250. The second-order valence-corrected chi connectivity index (χ2v) is 12.7. The van der Waals surface area contributed by atoms with Crippen LogP contribution in [0.15, 0.2) is 61.9 Å². The number of anilines is 2. The topological polar surface area (TPSA) is 138 Å². The van der Waals surface area contributed by atoms with Gasteiger partial charge in [-0.2, -0.15) is 5.26 Å². The molecule has 0 aromatic carbocycles. The predicted molar refractivity (Wildman–Crippen MR) is 148 cm³/mol. The summed E-state index contributed by atoms with van der Waals surface area (Å²) in [6.45, 7) is 2.00. The van der Waals surface area contributed by atoms with Crippen molar-refractivity contribution in [2.45, 2.75) is 36.4 Å². The normalized spacial score (nSPS) is 17.6. The van der Waals surface area contributed by atoms with Crippen molar-refractivity contribution in [2.75, 3.05) is 16.0 Å². The number of Topliss-reactive ketones (excluding diaryl/α,β-unsaturated/α-hetero) is 1. The van der Waals surface area contributed by atoms with Gasteiger partial charge in [0.1, 0.15) is 11.6 Å². The lowest BCUT2D eigenvalue weighted by molar-refractivity contribution is -0.116. The summed E-state index contributed by atoms with van der Waals surface area (Å²) in [4.78, 5) is 33.4. The first kappa shape index (κ1) is 25.6. The van der Waals surface area contributed by atoms with Gasteiger partial charge in [-0.15, -0.1) is 21.5 Å². The molecule has 3 aromatic heterocycles. The number of nitrogens with one attached hydrogen (secondary N) is 1. The molecule has 1 aliphatic heterocycles. The molecule has 0 saturated heterocycles. The van der Waals surface area contributed by atoms with E-state index in [1.54, 1.807) is 34.6 Å². The molecule has 37 heavy (non-hydrogen) atoms. The number of amides is 1. The molecule has 188 valence electrons. The van der Waals surface area contributed by atoms with Crippen LogP contribution in [-0.4, -0.2) is 32.6 Å². The van der Waals surface area contributed by atoms with E-state index in [0.717, 1.165) is 19.9 Å². The fourth-order valence-electron chi connectivity index (χ4n) is 4.31. The third-order valence-corrected chi connectivity index (χ3v) is 9.44. The first-order valence-corrected chi connectivity index (χ1v) is 14.7. The van der Waals surface area contributed by atoms with Crippen LogP contribution in [0.2, 0.25) is 0 Å². The van der Waals surface area contributed by atoms with Gasteiger partial charge in [-0.3, -0.25) is 14.5 Å². The van der Waals surface area contributed by atoms with Gasteiger partial charge in [0.25, 0.3) is 0 Å². The number of nitrogens with two attached hydrogens (primary N) is 1. The van der Waals surface area contributed by atoms with Crippen molar-refractivity contribution in [2.24, 2.45) is 5.73 Å². The zero-order valence-electron chi connectivity index (χ0n) is 19.5. The zero-order chi connectivity index (χ0) is 26.1. The van der Waals surface area contributed by atoms with E-state index in [4.69, 9.17) is 5.73 Å². The number of aromatic nitrogens is 3. The number of nitriles is 1. The third kappa shape index (κ3) is 5.19. The molecule has 0 spiro atoms. The summed E-state index contributed by atoms with van der Waals surface area (Å²) in [6, 6.07) is 9.71. The molecule has 3 N–H and O–H groups in total. The van der Waals surface area contributed by atoms with Crippen molar-refractivity contribution in [3.63, 3.8) is 0 Å². The maximum absolute atomic E-state index is 13.2. The highest BCUT2D eigenvalue weighted by Crippen LogP contribution is 2.48. The average molecular weight is 615 g/mol. The van der Waals surface area contributed by atoms with Gasteiger partial charge in [0.15, 0.2) is 10.1 Å². The fourth-order valence-corrected chi connectivity index (χ4v) is 7.22. The quantitative estimate of drug-likeness (QED) is 0.363. The average Bonchev–Trinajstić information content (AvgIpc) is 3.52. The molecule has 5 rings (SSSR count). The Morgan fingerprint density at radius 1 is 1.30 bits per heavy atom. The van der Waals surface area contributed by atoms with Gasteiger partial charge in [-0.05, 0) is 60.0 Å². The summed E-state index contributed by atoms with van der Waals surface area (Å²) in [5.74, 6) is 0.170. The first-order chi connectivity index (χ1) is 17.9. The van der Waals surface area contributed by atoms with E-state index >= 15 is 0 Å². The lowest BCUT2D eigenvalue weighted by Crippen LogP contribution is -2.38. The third-order valence-electron chi connectivity index (χ3n) is 5.87. The molecule has 2 aliphatic rings. The highest BCUT2D eigenvalue weighted by molar-refractivity contribution is 9.10. The van der Waals surface area contributed by atoms with E-state index < -0.39 is 5.92 Å². The van der Waals surface area contributed by atoms with E-state index in [1.807, 2.05) is 19.1 Å². The molecular weight excluding hydrogens is 594 g/mol. The van der Waals surface area contributed by atoms with Crippen LogP contribution in [-0.2, 0) is 9.59 Å². The SMILES string of the molecule is Cc1ccc(C2C(C#N)=C(N)N(c3nnc(SCC(=O)Nc4ccc(Br)cn4)s3)C3=C2C(=O)CCC3)s1. The Morgan fingerprint density at radius 2 is 2.14 bits per heavy atom. The van der Waals surface area contributed by atoms with Crippen LogP contribution in [0.25, 0.3) is 0 Å². The van der Waals surface area contributed by atoms with Crippen molar-refractivity contribution in [3.8, 4) is 6.07 Å². The highest BCUT2D eigenvalue weighted by Gasteiger charge is 2.41. The number of pyridine rings is 1. The minimum atomic E-state index is -0.472. The van der Waals surface area contributed by atoms with E-state index in [0.29, 0.717) is 45.7 Å². The zero-order valence-corrected chi connectivity index (χ0v) is 23.6. The van der Waals surface area contributed by atoms with Crippen LogP contribution in [0.5, 0.6) is 0 Å². The van der Waals surface area contributed by atoms with Gasteiger partial charge in [0, 0.05) is 38.1 Å². The van der Waals surface area contributed by atoms with E-state index in [-0.39, 0.29) is 23.3 Å². The van der Waals surface area contributed by atoms with Crippen LogP contribution in [0.1, 0.15) is 34.9 Å². The molecule has 0 saturated carbocycles. The van der Waals surface area contributed by atoms with Gasteiger partial charge in [0.05, 0.1) is 23.3 Å². The van der Waals surface area contributed by atoms with Crippen molar-refractivity contribution in [1.82, 2.24) is 15.2 Å². The number of thioether (sulfide) groups is 1. The van der Waals surface area contributed by atoms with Gasteiger partial charge < -0.3 is 11.1 Å². The summed E-state index contributed by atoms with van der Waals surface area (Å²) in [5.41, 5.74) is 8.30. The number of halogens is 1. The van der Waals surface area contributed by atoms with E-state index in [9.17, 15) is 14.9 Å². The van der Waals surface area contributed by atoms with Gasteiger partial charge >= 0.3 is 0 Å². The Morgan fingerprint density at radius 3 is 2.84 bits per heavy atom. The lowest BCUT2D eigenvalue weighted by atomic mass is 9.78. The number of hydrogen-bond donors (Lipinski definition) is 2. The van der Waals surface area contributed by atoms with Crippen LogP contribution >= 0.6 is 50.4 Å². The molecule has 1 amide bonds. The minimum absolute atomic E-state index is 0.0277. The number of allylic oxidation sites excluding steroid dienone is 3. The van der Waals surface area contributed by atoms with Crippen molar-refractivity contribution >= 4 is 73.0 Å². The Balaban J connectivity index is 1.40. The van der Waals surface area contributed by atoms with Crippen molar-refractivity contribution in [3.05, 3.63) is 67.4 Å². The standard InChI is InChI=1S/C24H20BrN7O2S3/c1-12-5-7-17(36-12)20-14(9-26)22(27)32(15-3-2-4-16(33)21(15)20)23-30-31-24(37-23)35-11-19(34)29-18-8-6-13(25)10-28-18/h5-8,10,20H,2-4,11,27H2,1H3,(H,28,29,34). The second-order valence-electron chi connectivity index (χ2n) is 8.31. The molecule has 1 unspecified atom stereocenters. The summed E-state index contributed by atoms with van der Waals surface area (Å²) >= 11 is 7.38. The number of hydrogen-bond acceptors (Lipinski definition) is 11. The summed E-state index contributed by atoms with van der Waals surface area (Å²) in [6.07, 6.45) is 3.39. The lowest BCUT2D eigenvalue weighted by Gasteiger charge is -2.37. The maximum atomic E-state index is 13.2. The molecule has 4 heterocycles. The number of nitrogens with zero attached hydrogens (tertiary/aromatic N) is 5. The number of ketones is 1. The minimum Gasteiger partial charge on any atom is -0.384 e. The monoisotopic (exact) mass is 613 g/mol. The van der Waals surface area contributed by atoms with Crippen LogP contribution in [0.4, 0.5) is 10.9 Å². The molecule has 1 aliphatic carbocycles. The van der Waals surface area contributed by atoms with Gasteiger partial charge in [-0.25, -0.2) is 4.98 Å². The first-order valence-electron chi connectivity index (χ1n) is 11.3. The smallest absolute Gasteiger partial charge is 0.235 e. The maximum Gasteiger partial charge on any atom is 0.235 e. The number of thiophene rings is 1. The molecule has 0 bridgehead atoms. The Kier molecular flexibility index (Phi) is 7.43. The number of rotatable bonds is 6. The van der Waals surface area contributed by atoms with Crippen molar-refractivity contribution < 1.29 is 9.59 Å². The van der Waals surface area contributed by atoms with Crippen molar-refractivity contribution in [1.29, 1.82) is 5.26 Å². The summed E-state index contributed by atoms with van der Waals surface area (Å²) in [5, 5.41) is 21.8. The molecular formula is C24H20BrN7O2S3. The van der Waals surface area contributed by atoms with E-state index in [2.05, 4.69) is 42.5 Å². The Bertz CT molecular complexity index is 1490. The molecule has 9 nitrogen and oxygen atoms in total. The molecule has 0 fully saturated rings. The number of carbonyl (C=O) groups is 2. The molecule has 13 heteroatoms. The van der Waals surface area contributed by atoms with E-state index in [1.165, 1.54) is 23.1 Å². The second kappa shape index (κ2) is 10.7. The van der Waals surface area contributed by atoms with Crippen LogP contribution in [0, 0.1) is 18.3 Å². The number of aryl methyl sites for hydroxylation is 1. The molecule has 1 atom stereocenters. The summed E-state index contributed by atoms with van der Waals surface area (Å²) in [7, 11) is 0. The molecule has 0 radical (unpaired) electrons. The van der Waals surface area contributed by atoms with Gasteiger partial charge in [-0.1, -0.05) is 23.1 Å². The Hall–Kier alpha value is -3.05. The predicted octanol–water partition coefficient (Wildman–Crippen LogP) is 5.10. The summed E-state index contributed by atoms with van der Waals surface area (Å²) < 4.78 is 1.39. The van der Waals surface area contributed by atoms with Gasteiger partial charge in [0.2, 0.25) is 11.0 Å². The Labute approximate surface area is 233 Å². The van der Waals surface area contributed by atoms with Crippen LogP contribution < -0.4 is 16.0 Å². The highest BCUT2D eigenvalue weighted by atomic mass is 79.9. The largest absolute Gasteiger partial charge is 0.384 e. The molecule has 3 aromatic rings.